The predicted octanol–water partition coefficient (Wildman–Crippen LogP) is 10.1. The molecule has 0 N–H and O–H groups in total. The highest BCUT2D eigenvalue weighted by Crippen LogP contribution is 2.50. The van der Waals surface area contributed by atoms with Crippen LogP contribution in [0.3, 0.4) is 0 Å². The van der Waals surface area contributed by atoms with Gasteiger partial charge >= 0.3 is 0 Å². The number of carbonyl (C=O) groups excluding carboxylic acids is 2. The Hall–Kier alpha value is -5.74. The van der Waals surface area contributed by atoms with Crippen molar-refractivity contribution in [2.75, 3.05) is 0 Å². The molecular formula is C46H40N2O2. The molecule has 0 saturated carbocycles. The highest BCUT2D eigenvalue weighted by molar-refractivity contribution is 6.31. The number of amides is 2. The Morgan fingerprint density at radius 3 is 1.12 bits per heavy atom. The van der Waals surface area contributed by atoms with Crippen molar-refractivity contribution in [2.24, 2.45) is 0 Å². The van der Waals surface area contributed by atoms with Crippen molar-refractivity contribution in [2.45, 2.75) is 54.6 Å². The first-order valence-electron chi connectivity index (χ1n) is 17.3. The second-order valence-corrected chi connectivity index (χ2v) is 14.2. The third-order valence-corrected chi connectivity index (χ3v) is 10.2. The monoisotopic (exact) mass is 652 g/mol. The van der Waals surface area contributed by atoms with Crippen molar-refractivity contribution >= 4 is 44.8 Å². The minimum Gasteiger partial charge on any atom is -0.302 e. The van der Waals surface area contributed by atoms with Crippen molar-refractivity contribution in [3.8, 4) is 0 Å². The van der Waals surface area contributed by atoms with Crippen LogP contribution in [0, 0.1) is 41.5 Å². The van der Waals surface area contributed by atoms with Gasteiger partial charge in [-0.2, -0.15) is 0 Å². The molecule has 0 spiro atoms. The van der Waals surface area contributed by atoms with Gasteiger partial charge in [-0.3, -0.25) is 9.59 Å². The standard InChI is InChI=1S/C46H40N2O2/c1-27-19-28(2)22-33(21-27)25-47-43(39-17-15-31(5)35-11-7-9-13-37(35)39)41-42(45(47)49)44(40-18-16-32(6)36-12-8-10-14-38(36)40)48(46(41)50)26-34-23-29(3)20-30(4)24-34/h7-24H,25-26H2,1-6H3. The van der Waals surface area contributed by atoms with Gasteiger partial charge in [0.05, 0.1) is 35.6 Å². The summed E-state index contributed by atoms with van der Waals surface area (Å²) in [5, 5.41) is 4.27. The average molecular weight is 653 g/mol. The maximum atomic E-state index is 15.2. The SMILES string of the molecule is Cc1cc(C)cc(CN2C(=O)C3=C(c4ccc(C)c5ccccc45)N(Cc4cc(C)cc(C)c4)C(=O)C3=C2c2ccc(C)c3ccccc23)c1. The molecule has 2 aliphatic rings. The molecule has 6 aromatic rings. The third-order valence-electron chi connectivity index (χ3n) is 10.2. The Morgan fingerprint density at radius 2 is 0.760 bits per heavy atom. The lowest BCUT2D eigenvalue weighted by molar-refractivity contribution is -0.124. The molecule has 50 heavy (non-hydrogen) atoms. The molecule has 0 bridgehead atoms. The van der Waals surface area contributed by atoms with Crippen LogP contribution < -0.4 is 0 Å². The molecule has 0 saturated heterocycles. The number of nitrogens with zero attached hydrogens (tertiary/aromatic N) is 2. The van der Waals surface area contributed by atoms with Crippen LogP contribution in [0.4, 0.5) is 0 Å². The van der Waals surface area contributed by atoms with E-state index >= 15 is 9.59 Å². The van der Waals surface area contributed by atoms with E-state index < -0.39 is 0 Å². The van der Waals surface area contributed by atoms with Gasteiger partial charge in [0.15, 0.2) is 0 Å². The highest BCUT2D eigenvalue weighted by atomic mass is 16.2. The van der Waals surface area contributed by atoms with E-state index in [1.54, 1.807) is 0 Å². The fraction of sp³-hybridized carbons (Fsp3) is 0.174. The molecule has 2 aliphatic heterocycles. The van der Waals surface area contributed by atoms with Gasteiger partial charge in [0, 0.05) is 11.1 Å². The molecule has 0 unspecified atom stereocenters. The Bertz CT molecular complexity index is 2280. The van der Waals surface area contributed by atoms with Crippen molar-refractivity contribution in [1.82, 2.24) is 9.80 Å². The van der Waals surface area contributed by atoms with Gasteiger partial charge in [-0.15, -0.1) is 0 Å². The molecule has 6 aromatic carbocycles. The van der Waals surface area contributed by atoms with Crippen LogP contribution in [-0.2, 0) is 22.7 Å². The lowest BCUT2D eigenvalue weighted by Crippen LogP contribution is -2.29. The number of hydrogen-bond donors (Lipinski definition) is 0. The lowest BCUT2D eigenvalue weighted by Gasteiger charge is -2.27. The second kappa shape index (κ2) is 12.0. The Labute approximate surface area is 294 Å². The molecule has 0 atom stereocenters. The summed E-state index contributed by atoms with van der Waals surface area (Å²) in [5.74, 6) is -0.288. The largest absolute Gasteiger partial charge is 0.302 e. The molecule has 2 heterocycles. The first kappa shape index (κ1) is 31.5. The van der Waals surface area contributed by atoms with E-state index in [-0.39, 0.29) is 11.8 Å². The van der Waals surface area contributed by atoms with Crippen LogP contribution in [0.25, 0.3) is 32.9 Å². The average Bonchev–Trinajstić information content (AvgIpc) is 3.51. The van der Waals surface area contributed by atoms with Crippen LogP contribution in [-0.4, -0.2) is 21.6 Å². The summed E-state index contributed by atoms with van der Waals surface area (Å²) < 4.78 is 0. The Morgan fingerprint density at radius 1 is 0.420 bits per heavy atom. The second-order valence-electron chi connectivity index (χ2n) is 14.2. The highest BCUT2D eigenvalue weighted by Gasteiger charge is 2.49. The van der Waals surface area contributed by atoms with Gasteiger partial charge < -0.3 is 9.80 Å². The normalized spacial score (nSPS) is 14.6. The minimum atomic E-state index is -0.144. The first-order valence-corrected chi connectivity index (χ1v) is 17.3. The predicted molar refractivity (Wildman–Crippen MR) is 204 cm³/mol. The van der Waals surface area contributed by atoms with Crippen molar-refractivity contribution < 1.29 is 9.59 Å². The molecule has 8 rings (SSSR count). The Kier molecular flexibility index (Phi) is 7.56. The zero-order chi connectivity index (χ0) is 34.8. The van der Waals surface area contributed by atoms with Crippen molar-refractivity contribution in [3.05, 3.63) is 176 Å². The van der Waals surface area contributed by atoms with E-state index in [0.29, 0.717) is 35.6 Å². The zero-order valence-electron chi connectivity index (χ0n) is 29.5. The van der Waals surface area contributed by atoms with E-state index in [2.05, 4.69) is 126 Å². The van der Waals surface area contributed by atoms with E-state index in [9.17, 15) is 0 Å². The lowest BCUT2D eigenvalue weighted by atomic mass is 9.94. The molecule has 2 amide bonds. The molecule has 0 aromatic heterocycles. The molecule has 0 radical (unpaired) electrons. The fourth-order valence-electron chi connectivity index (χ4n) is 8.26. The topological polar surface area (TPSA) is 40.6 Å². The van der Waals surface area contributed by atoms with Gasteiger partial charge in [-0.1, -0.05) is 131 Å². The van der Waals surface area contributed by atoms with Gasteiger partial charge in [0.25, 0.3) is 11.8 Å². The summed E-state index contributed by atoms with van der Waals surface area (Å²) in [6.45, 7) is 13.3. The summed E-state index contributed by atoms with van der Waals surface area (Å²) in [6.07, 6.45) is 0. The maximum absolute atomic E-state index is 15.2. The number of hydrogen-bond acceptors (Lipinski definition) is 2. The molecule has 4 heteroatoms. The van der Waals surface area contributed by atoms with Gasteiger partial charge in [-0.25, -0.2) is 0 Å². The summed E-state index contributed by atoms with van der Waals surface area (Å²) in [5.41, 5.74) is 13.1. The number of fused-ring (bicyclic) bond motifs is 3. The molecule has 0 aliphatic carbocycles. The van der Waals surface area contributed by atoms with Crippen LogP contribution in [0.1, 0.15) is 55.6 Å². The molecule has 246 valence electrons. The van der Waals surface area contributed by atoms with Crippen LogP contribution in [0.2, 0.25) is 0 Å². The number of aryl methyl sites for hydroxylation is 6. The number of benzene rings is 6. The van der Waals surface area contributed by atoms with E-state index in [0.717, 1.165) is 77.2 Å². The van der Waals surface area contributed by atoms with Gasteiger partial charge in [-0.05, 0) is 85.3 Å². The summed E-state index contributed by atoms with van der Waals surface area (Å²) in [4.78, 5) is 34.2. The van der Waals surface area contributed by atoms with Gasteiger partial charge in [0.2, 0.25) is 0 Å². The fourth-order valence-corrected chi connectivity index (χ4v) is 8.26. The van der Waals surface area contributed by atoms with Crippen molar-refractivity contribution in [3.63, 3.8) is 0 Å². The summed E-state index contributed by atoms with van der Waals surface area (Å²) in [6, 6.07) is 37.8. The number of rotatable bonds is 6. The third kappa shape index (κ3) is 5.14. The number of carbonyl (C=O) groups is 2. The summed E-state index contributed by atoms with van der Waals surface area (Å²) in [7, 11) is 0. The van der Waals surface area contributed by atoms with Crippen molar-refractivity contribution in [1.29, 1.82) is 0 Å². The van der Waals surface area contributed by atoms with Crippen LogP contribution in [0.5, 0.6) is 0 Å². The van der Waals surface area contributed by atoms with Crippen LogP contribution >= 0.6 is 0 Å². The molecule has 0 fully saturated rings. The van der Waals surface area contributed by atoms with E-state index in [4.69, 9.17) is 0 Å². The van der Waals surface area contributed by atoms with E-state index in [1.807, 2.05) is 34.1 Å². The van der Waals surface area contributed by atoms with E-state index in [1.165, 1.54) is 0 Å². The summed E-state index contributed by atoms with van der Waals surface area (Å²) >= 11 is 0. The Balaban J connectivity index is 1.44. The first-order chi connectivity index (χ1) is 24.1. The zero-order valence-corrected chi connectivity index (χ0v) is 29.5. The maximum Gasteiger partial charge on any atom is 0.261 e. The molecular weight excluding hydrogens is 613 g/mol. The smallest absolute Gasteiger partial charge is 0.261 e. The molecule has 4 nitrogen and oxygen atoms in total. The quantitative estimate of drug-likeness (QED) is 0.180. The van der Waals surface area contributed by atoms with Crippen LogP contribution in [0.15, 0.2) is 120 Å². The minimum absolute atomic E-state index is 0.144. The van der Waals surface area contributed by atoms with Gasteiger partial charge in [0.1, 0.15) is 0 Å².